The van der Waals surface area contributed by atoms with E-state index >= 15 is 0 Å². The van der Waals surface area contributed by atoms with E-state index in [-0.39, 0.29) is 0 Å². The molecule has 0 aromatic heterocycles. The van der Waals surface area contributed by atoms with Crippen LogP contribution in [0, 0.1) is 35.0 Å². The fraction of sp³-hybridized carbons (Fsp3) is 0.938. The zero-order chi connectivity index (χ0) is 12.2. The van der Waals surface area contributed by atoms with Gasteiger partial charge < -0.3 is 0 Å². The Morgan fingerprint density at radius 2 is 1.88 bits per heavy atom. The van der Waals surface area contributed by atoms with Crippen LogP contribution in [0.1, 0.15) is 59.3 Å². The second kappa shape index (κ2) is 3.83. The van der Waals surface area contributed by atoms with Gasteiger partial charge in [0.15, 0.2) is 0 Å². The number of Topliss-reactive ketones (excluding diaryl/α,β-unsaturated/α-hetero) is 1. The van der Waals surface area contributed by atoms with E-state index in [4.69, 9.17) is 0 Å². The summed E-state index contributed by atoms with van der Waals surface area (Å²) in [6.45, 7) is 7.39. The van der Waals surface area contributed by atoms with E-state index in [1.165, 1.54) is 19.3 Å². The van der Waals surface area contributed by atoms with Gasteiger partial charge in [-0.25, -0.2) is 0 Å². The average molecular weight is 234 g/mol. The highest BCUT2D eigenvalue weighted by molar-refractivity contribution is 5.79. The molecule has 17 heavy (non-hydrogen) atoms. The zero-order valence-corrected chi connectivity index (χ0v) is 11.5. The highest BCUT2D eigenvalue weighted by Crippen LogP contribution is 2.63. The first kappa shape index (κ1) is 11.7. The molecule has 0 saturated heterocycles. The largest absolute Gasteiger partial charge is 0.300 e. The van der Waals surface area contributed by atoms with Crippen molar-refractivity contribution in [2.24, 2.45) is 35.0 Å². The molecule has 3 aliphatic carbocycles. The number of ketones is 1. The first-order valence-electron chi connectivity index (χ1n) is 7.52. The highest BCUT2D eigenvalue weighted by Gasteiger charge is 2.56. The smallest absolute Gasteiger partial charge is 0.133 e. The molecule has 0 radical (unpaired) electrons. The van der Waals surface area contributed by atoms with Crippen molar-refractivity contribution in [3.05, 3.63) is 0 Å². The molecule has 0 heterocycles. The zero-order valence-electron chi connectivity index (χ0n) is 11.5. The maximum absolute atomic E-state index is 11.6. The molecule has 1 heteroatoms. The molecule has 0 N–H and O–H groups in total. The first-order chi connectivity index (χ1) is 8.00. The number of hydrogen-bond donors (Lipinski definition) is 0. The van der Waals surface area contributed by atoms with Crippen molar-refractivity contribution in [2.75, 3.05) is 0 Å². The summed E-state index contributed by atoms with van der Waals surface area (Å²) in [5.41, 5.74) is 0.555. The SMILES string of the molecule is CC1[C@@H]2C[C@@H](CC2C2CCCC(=O)C2)C1(C)C. The van der Waals surface area contributed by atoms with Crippen molar-refractivity contribution < 1.29 is 4.79 Å². The molecule has 1 nitrogen and oxygen atoms in total. The van der Waals surface area contributed by atoms with Crippen molar-refractivity contribution in [2.45, 2.75) is 59.3 Å². The van der Waals surface area contributed by atoms with Crippen LogP contribution in [-0.4, -0.2) is 5.78 Å². The molecule has 3 fully saturated rings. The maximum atomic E-state index is 11.6. The van der Waals surface area contributed by atoms with E-state index in [0.29, 0.717) is 11.2 Å². The van der Waals surface area contributed by atoms with E-state index in [2.05, 4.69) is 20.8 Å². The molecule has 3 saturated carbocycles. The van der Waals surface area contributed by atoms with Gasteiger partial charge in [-0.15, -0.1) is 0 Å². The second-order valence-electron chi connectivity index (χ2n) is 7.50. The molecule has 0 aromatic rings. The fourth-order valence-electron chi connectivity index (χ4n) is 5.17. The quantitative estimate of drug-likeness (QED) is 0.668. The van der Waals surface area contributed by atoms with E-state index < -0.39 is 0 Å². The lowest BCUT2D eigenvalue weighted by Gasteiger charge is -2.43. The van der Waals surface area contributed by atoms with Crippen LogP contribution in [-0.2, 0) is 4.79 Å². The maximum Gasteiger partial charge on any atom is 0.133 e. The van der Waals surface area contributed by atoms with Crippen LogP contribution in [0.3, 0.4) is 0 Å². The van der Waals surface area contributed by atoms with Gasteiger partial charge in [-0.05, 0) is 60.7 Å². The number of carbonyl (C=O) groups excluding carboxylic acids is 1. The normalized spacial score (nSPS) is 48.6. The second-order valence-corrected chi connectivity index (χ2v) is 7.50. The minimum atomic E-state index is 0.538. The number of hydrogen-bond acceptors (Lipinski definition) is 1. The van der Waals surface area contributed by atoms with Crippen LogP contribution in [0.15, 0.2) is 0 Å². The van der Waals surface area contributed by atoms with Crippen LogP contribution in [0.2, 0.25) is 0 Å². The van der Waals surface area contributed by atoms with Crippen molar-refractivity contribution in [3.63, 3.8) is 0 Å². The Bertz CT molecular complexity index is 326. The summed E-state index contributed by atoms with van der Waals surface area (Å²) in [4.78, 5) is 11.6. The summed E-state index contributed by atoms with van der Waals surface area (Å²) < 4.78 is 0. The summed E-state index contributed by atoms with van der Waals surface area (Å²) >= 11 is 0. The number of rotatable bonds is 1. The molecule has 96 valence electrons. The highest BCUT2D eigenvalue weighted by atomic mass is 16.1. The molecule has 3 aliphatic rings. The van der Waals surface area contributed by atoms with E-state index in [1.807, 2.05) is 0 Å². The third-order valence-electron chi connectivity index (χ3n) is 6.66. The predicted octanol–water partition coefficient (Wildman–Crippen LogP) is 4.06. The lowest BCUT2D eigenvalue weighted by Crippen LogP contribution is -2.37. The minimum Gasteiger partial charge on any atom is -0.300 e. The monoisotopic (exact) mass is 234 g/mol. The molecule has 3 rings (SSSR count). The summed E-state index contributed by atoms with van der Waals surface area (Å²) in [6, 6.07) is 0. The van der Waals surface area contributed by atoms with Gasteiger partial charge in [0.05, 0.1) is 0 Å². The van der Waals surface area contributed by atoms with Gasteiger partial charge in [0.1, 0.15) is 5.78 Å². The number of carbonyl (C=O) groups is 1. The fourth-order valence-corrected chi connectivity index (χ4v) is 5.17. The van der Waals surface area contributed by atoms with Crippen LogP contribution in [0.5, 0.6) is 0 Å². The molecular weight excluding hydrogens is 208 g/mol. The Labute approximate surface area is 105 Å². The third-order valence-corrected chi connectivity index (χ3v) is 6.66. The first-order valence-corrected chi connectivity index (χ1v) is 7.52. The topological polar surface area (TPSA) is 17.1 Å². The van der Waals surface area contributed by atoms with Crippen LogP contribution in [0.4, 0.5) is 0 Å². The average Bonchev–Trinajstić information content (AvgIpc) is 2.79. The van der Waals surface area contributed by atoms with Crippen LogP contribution in [0.25, 0.3) is 0 Å². The van der Waals surface area contributed by atoms with Crippen molar-refractivity contribution in [3.8, 4) is 0 Å². The van der Waals surface area contributed by atoms with Gasteiger partial charge in [-0.3, -0.25) is 4.79 Å². The van der Waals surface area contributed by atoms with Gasteiger partial charge in [0, 0.05) is 12.8 Å². The molecule has 0 aromatic carbocycles. The van der Waals surface area contributed by atoms with Crippen molar-refractivity contribution >= 4 is 5.78 Å². The third kappa shape index (κ3) is 1.69. The van der Waals surface area contributed by atoms with Gasteiger partial charge in [-0.2, -0.15) is 0 Å². The van der Waals surface area contributed by atoms with Crippen LogP contribution < -0.4 is 0 Å². The lowest BCUT2D eigenvalue weighted by atomic mass is 9.62. The van der Waals surface area contributed by atoms with Gasteiger partial charge >= 0.3 is 0 Å². The lowest BCUT2D eigenvalue weighted by molar-refractivity contribution is -0.122. The van der Waals surface area contributed by atoms with E-state index in [9.17, 15) is 4.79 Å². The molecular formula is C16H26O. The van der Waals surface area contributed by atoms with Crippen LogP contribution >= 0.6 is 0 Å². The van der Waals surface area contributed by atoms with E-state index in [1.54, 1.807) is 0 Å². The Kier molecular flexibility index (Phi) is 2.65. The minimum absolute atomic E-state index is 0.538. The Morgan fingerprint density at radius 1 is 1.18 bits per heavy atom. The summed E-state index contributed by atoms with van der Waals surface area (Å²) in [6.07, 6.45) is 7.12. The molecule has 0 amide bonds. The number of fused-ring (bicyclic) bond motifs is 2. The van der Waals surface area contributed by atoms with Crippen molar-refractivity contribution in [1.29, 1.82) is 0 Å². The van der Waals surface area contributed by atoms with Gasteiger partial charge in [0.25, 0.3) is 0 Å². The Hall–Kier alpha value is -0.330. The van der Waals surface area contributed by atoms with Gasteiger partial charge in [0.2, 0.25) is 0 Å². The standard InChI is InChI=1S/C16H26O/c1-10-14-8-12(16(10,2)3)9-15(14)11-5-4-6-13(17)7-11/h10-12,14-15H,4-9H2,1-3H3/t10?,11?,12-,14-,15?/m0/s1. The molecule has 5 atom stereocenters. The van der Waals surface area contributed by atoms with E-state index in [0.717, 1.165) is 48.9 Å². The molecule has 0 aliphatic heterocycles. The predicted molar refractivity (Wildman–Crippen MR) is 69.6 cm³/mol. The Morgan fingerprint density at radius 3 is 2.47 bits per heavy atom. The summed E-state index contributed by atoms with van der Waals surface area (Å²) in [5, 5.41) is 0. The summed E-state index contributed by atoms with van der Waals surface area (Å²) in [7, 11) is 0. The van der Waals surface area contributed by atoms with Crippen molar-refractivity contribution in [1.82, 2.24) is 0 Å². The molecule has 2 bridgehead atoms. The Balaban J connectivity index is 1.74. The van der Waals surface area contributed by atoms with Gasteiger partial charge in [-0.1, -0.05) is 20.8 Å². The molecule has 0 spiro atoms. The molecule has 3 unspecified atom stereocenters. The summed E-state index contributed by atoms with van der Waals surface area (Å²) in [5.74, 6) is 4.88.